The molecule has 0 aromatic heterocycles. The number of ether oxygens (including phenoxy) is 1. The molecular weight excluding hydrogens is 398 g/mol. The van der Waals surface area contributed by atoms with Gasteiger partial charge in [0.1, 0.15) is 0 Å². The van der Waals surface area contributed by atoms with Crippen LogP contribution in [0.25, 0.3) is 0 Å². The highest BCUT2D eigenvalue weighted by atomic mass is 32.2. The maximum atomic E-state index is 13.0. The summed E-state index contributed by atoms with van der Waals surface area (Å²) in [5.41, 5.74) is 0. The van der Waals surface area contributed by atoms with Crippen LogP contribution < -0.4 is 0 Å². The smallest absolute Gasteiger partial charge is 0.328 e. The fourth-order valence-corrected chi connectivity index (χ4v) is 4.42. The standard InChI is InChI=1S/C24H37NO4S/c1-4-7-8-9-10-16-21-29-24(26)23(19-14-15-20-25(5-2)6-3)30(27,28)22-17-12-11-13-18-22/h11-15,17-20,23H,4-10,16,21H2,1-3H3/b19-14+,20-15+. The molecule has 0 fully saturated rings. The number of hydrogen-bond acceptors (Lipinski definition) is 5. The number of carbonyl (C=O) groups excluding carboxylic acids is 1. The maximum absolute atomic E-state index is 13.0. The Bertz CT molecular complexity index is 753. The SMILES string of the molecule is CCCCCCCCOC(=O)C(/C=C/C=C/N(CC)CC)S(=O)(=O)c1ccccc1. The molecule has 0 spiro atoms. The Kier molecular flexibility index (Phi) is 12.8. The van der Waals surface area contributed by atoms with E-state index in [0.29, 0.717) is 0 Å². The van der Waals surface area contributed by atoms with E-state index >= 15 is 0 Å². The van der Waals surface area contributed by atoms with E-state index in [4.69, 9.17) is 4.74 Å². The Morgan fingerprint density at radius 2 is 1.60 bits per heavy atom. The van der Waals surface area contributed by atoms with Crippen LogP contribution in [0.15, 0.2) is 59.7 Å². The normalized spacial score (nSPS) is 13.0. The van der Waals surface area contributed by atoms with Gasteiger partial charge in [0.2, 0.25) is 0 Å². The van der Waals surface area contributed by atoms with Crippen LogP contribution in [0.3, 0.4) is 0 Å². The van der Waals surface area contributed by atoms with Gasteiger partial charge in [0, 0.05) is 13.1 Å². The first kappa shape index (κ1) is 26.0. The van der Waals surface area contributed by atoms with E-state index in [1.807, 2.05) is 20.0 Å². The van der Waals surface area contributed by atoms with Gasteiger partial charge in [-0.1, -0.05) is 69.4 Å². The molecule has 6 heteroatoms. The molecule has 0 radical (unpaired) electrons. The summed E-state index contributed by atoms with van der Waals surface area (Å²) in [6.45, 7) is 8.20. The molecule has 30 heavy (non-hydrogen) atoms. The number of carbonyl (C=O) groups is 1. The van der Waals surface area contributed by atoms with E-state index in [0.717, 1.165) is 32.4 Å². The minimum Gasteiger partial charge on any atom is -0.464 e. The maximum Gasteiger partial charge on any atom is 0.328 e. The lowest BCUT2D eigenvalue weighted by Crippen LogP contribution is -2.30. The zero-order chi connectivity index (χ0) is 22.2. The monoisotopic (exact) mass is 435 g/mol. The molecule has 0 bridgehead atoms. The minimum atomic E-state index is -3.88. The third-order valence-corrected chi connectivity index (χ3v) is 6.83. The molecule has 0 saturated heterocycles. The van der Waals surface area contributed by atoms with Gasteiger partial charge in [0.15, 0.2) is 15.1 Å². The van der Waals surface area contributed by atoms with Crippen molar-refractivity contribution in [3.8, 4) is 0 Å². The van der Waals surface area contributed by atoms with Crippen molar-refractivity contribution in [3.05, 3.63) is 54.8 Å². The summed E-state index contributed by atoms with van der Waals surface area (Å²) in [5.74, 6) is -0.722. The number of rotatable bonds is 15. The number of esters is 1. The van der Waals surface area contributed by atoms with Crippen molar-refractivity contribution in [2.24, 2.45) is 0 Å². The molecular formula is C24H37NO4S. The van der Waals surface area contributed by atoms with Crippen molar-refractivity contribution in [1.82, 2.24) is 4.90 Å². The fraction of sp³-hybridized carbons (Fsp3) is 0.542. The van der Waals surface area contributed by atoms with Gasteiger partial charge >= 0.3 is 5.97 Å². The van der Waals surface area contributed by atoms with Gasteiger partial charge in [0.25, 0.3) is 0 Å². The van der Waals surface area contributed by atoms with E-state index in [2.05, 4.69) is 11.8 Å². The number of nitrogens with zero attached hydrogens (tertiary/aromatic N) is 1. The van der Waals surface area contributed by atoms with Crippen molar-refractivity contribution < 1.29 is 17.9 Å². The van der Waals surface area contributed by atoms with E-state index in [1.54, 1.807) is 30.4 Å². The summed E-state index contributed by atoms with van der Waals surface area (Å²) in [6, 6.07) is 8.05. The van der Waals surface area contributed by atoms with Gasteiger partial charge in [0.05, 0.1) is 11.5 Å². The predicted octanol–water partition coefficient (Wildman–Crippen LogP) is 5.14. The van der Waals surface area contributed by atoms with Crippen molar-refractivity contribution in [2.45, 2.75) is 69.4 Å². The first-order chi connectivity index (χ1) is 14.5. The Morgan fingerprint density at radius 1 is 0.967 bits per heavy atom. The highest BCUT2D eigenvalue weighted by Crippen LogP contribution is 2.18. The Morgan fingerprint density at radius 3 is 2.23 bits per heavy atom. The average Bonchev–Trinajstić information content (AvgIpc) is 2.76. The lowest BCUT2D eigenvalue weighted by atomic mass is 10.1. The van der Waals surface area contributed by atoms with Crippen LogP contribution in [-0.2, 0) is 19.4 Å². The third-order valence-electron chi connectivity index (χ3n) is 4.89. The molecule has 0 N–H and O–H groups in total. The minimum absolute atomic E-state index is 0.115. The van der Waals surface area contributed by atoms with E-state index in [1.165, 1.54) is 37.5 Å². The second-order valence-electron chi connectivity index (χ2n) is 7.16. The second-order valence-corrected chi connectivity index (χ2v) is 9.23. The van der Waals surface area contributed by atoms with Gasteiger partial charge in [-0.25, -0.2) is 8.42 Å². The first-order valence-corrected chi connectivity index (χ1v) is 12.6. The first-order valence-electron chi connectivity index (χ1n) is 11.0. The molecule has 1 aromatic rings. The van der Waals surface area contributed by atoms with Gasteiger partial charge in [-0.3, -0.25) is 4.79 Å². The van der Waals surface area contributed by atoms with Crippen molar-refractivity contribution in [2.75, 3.05) is 19.7 Å². The fourth-order valence-electron chi connectivity index (χ4n) is 2.97. The average molecular weight is 436 g/mol. The molecule has 1 aromatic carbocycles. The quantitative estimate of drug-likeness (QED) is 0.217. The molecule has 168 valence electrons. The van der Waals surface area contributed by atoms with Gasteiger partial charge in [-0.2, -0.15) is 0 Å². The van der Waals surface area contributed by atoms with E-state index < -0.39 is 21.1 Å². The van der Waals surface area contributed by atoms with Crippen LogP contribution >= 0.6 is 0 Å². The van der Waals surface area contributed by atoms with E-state index in [-0.39, 0.29) is 11.5 Å². The Balaban J connectivity index is 2.83. The molecule has 0 aliphatic carbocycles. The van der Waals surface area contributed by atoms with Crippen molar-refractivity contribution in [1.29, 1.82) is 0 Å². The van der Waals surface area contributed by atoms with Crippen LogP contribution in [0.5, 0.6) is 0 Å². The molecule has 5 nitrogen and oxygen atoms in total. The number of hydrogen-bond donors (Lipinski definition) is 0. The van der Waals surface area contributed by atoms with Crippen LogP contribution in [0.4, 0.5) is 0 Å². The number of allylic oxidation sites excluding steroid dienone is 2. The lowest BCUT2D eigenvalue weighted by Gasteiger charge is -2.15. The molecule has 1 unspecified atom stereocenters. The van der Waals surface area contributed by atoms with Crippen molar-refractivity contribution >= 4 is 15.8 Å². The van der Waals surface area contributed by atoms with Gasteiger partial charge in [-0.05, 0) is 44.7 Å². The summed E-state index contributed by atoms with van der Waals surface area (Å²) in [4.78, 5) is 14.8. The molecule has 1 rings (SSSR count). The Hall–Kier alpha value is -2.08. The van der Waals surface area contributed by atoms with Gasteiger partial charge in [-0.15, -0.1) is 0 Å². The van der Waals surface area contributed by atoms with Crippen LogP contribution in [-0.4, -0.2) is 44.2 Å². The summed E-state index contributed by atoms with van der Waals surface area (Å²) < 4.78 is 31.4. The zero-order valence-corrected chi connectivity index (χ0v) is 19.4. The second kappa shape index (κ2) is 14.8. The molecule has 0 aliphatic heterocycles. The molecule has 1 atom stereocenters. The topological polar surface area (TPSA) is 63.7 Å². The summed E-state index contributed by atoms with van der Waals surface area (Å²) in [7, 11) is -3.88. The van der Waals surface area contributed by atoms with Crippen molar-refractivity contribution in [3.63, 3.8) is 0 Å². The third kappa shape index (κ3) is 9.16. The number of benzene rings is 1. The molecule has 0 heterocycles. The zero-order valence-electron chi connectivity index (χ0n) is 18.6. The summed E-state index contributed by atoms with van der Waals surface area (Å²) in [6.07, 6.45) is 13.1. The van der Waals surface area contributed by atoms with Crippen LogP contribution in [0.2, 0.25) is 0 Å². The van der Waals surface area contributed by atoms with Crippen LogP contribution in [0.1, 0.15) is 59.3 Å². The molecule has 0 amide bonds. The molecule has 0 aliphatic rings. The summed E-state index contributed by atoms with van der Waals surface area (Å²) >= 11 is 0. The lowest BCUT2D eigenvalue weighted by molar-refractivity contribution is -0.142. The molecule has 0 saturated carbocycles. The predicted molar refractivity (Wildman–Crippen MR) is 123 cm³/mol. The number of unbranched alkanes of at least 4 members (excludes halogenated alkanes) is 5. The Labute approximate surface area is 182 Å². The van der Waals surface area contributed by atoms with Gasteiger partial charge < -0.3 is 9.64 Å². The van der Waals surface area contributed by atoms with Crippen LogP contribution in [0, 0.1) is 0 Å². The highest BCUT2D eigenvalue weighted by molar-refractivity contribution is 7.93. The largest absolute Gasteiger partial charge is 0.464 e. The number of sulfone groups is 1. The highest BCUT2D eigenvalue weighted by Gasteiger charge is 2.33. The van der Waals surface area contributed by atoms with E-state index in [9.17, 15) is 13.2 Å². The summed E-state index contributed by atoms with van der Waals surface area (Å²) in [5, 5.41) is -1.36.